The fraction of sp³-hybridized carbons (Fsp3) is 0.421. The van der Waals surface area contributed by atoms with E-state index in [4.69, 9.17) is 0 Å². The van der Waals surface area contributed by atoms with Gasteiger partial charge in [-0.25, -0.2) is 15.0 Å². The average molecular weight is 371 g/mol. The van der Waals surface area contributed by atoms with Gasteiger partial charge in [0, 0.05) is 24.5 Å². The van der Waals surface area contributed by atoms with Gasteiger partial charge >= 0.3 is 0 Å². The standard InChI is InChI=1S/C19H26N6S/c1-4-20-19(22-12-18-14(2)24-15(3)26-18)21-10-7-11-25-13-23-16-8-5-6-9-17(16)25/h5-6,8-9,13H,4,7,10-12H2,1-3H3,(H2,20,21,22). The Balaban J connectivity index is 1.52. The van der Waals surface area contributed by atoms with E-state index in [1.54, 1.807) is 11.3 Å². The van der Waals surface area contributed by atoms with Gasteiger partial charge in [0.2, 0.25) is 0 Å². The van der Waals surface area contributed by atoms with Gasteiger partial charge in [-0.2, -0.15) is 0 Å². The lowest BCUT2D eigenvalue weighted by Gasteiger charge is -2.11. The second kappa shape index (κ2) is 8.80. The lowest BCUT2D eigenvalue weighted by atomic mass is 10.3. The molecule has 0 aliphatic heterocycles. The molecule has 6 nitrogen and oxygen atoms in total. The monoisotopic (exact) mass is 370 g/mol. The highest BCUT2D eigenvalue weighted by Crippen LogP contribution is 2.17. The highest BCUT2D eigenvalue weighted by molar-refractivity contribution is 7.11. The van der Waals surface area contributed by atoms with E-state index < -0.39 is 0 Å². The minimum Gasteiger partial charge on any atom is -0.357 e. The highest BCUT2D eigenvalue weighted by Gasteiger charge is 2.05. The molecule has 0 aliphatic rings. The van der Waals surface area contributed by atoms with E-state index >= 15 is 0 Å². The van der Waals surface area contributed by atoms with Crippen LogP contribution in [0.1, 0.15) is 28.9 Å². The Kier molecular flexibility index (Phi) is 6.22. The van der Waals surface area contributed by atoms with Gasteiger partial charge in [0.15, 0.2) is 5.96 Å². The van der Waals surface area contributed by atoms with Crippen LogP contribution in [0.15, 0.2) is 35.6 Å². The van der Waals surface area contributed by atoms with Crippen molar-refractivity contribution < 1.29 is 0 Å². The quantitative estimate of drug-likeness (QED) is 0.381. The zero-order chi connectivity index (χ0) is 18.4. The van der Waals surface area contributed by atoms with Crippen molar-refractivity contribution in [3.63, 3.8) is 0 Å². The number of rotatable bonds is 7. The zero-order valence-corrected chi connectivity index (χ0v) is 16.4. The fourth-order valence-electron chi connectivity index (χ4n) is 2.86. The Morgan fingerprint density at radius 1 is 1.23 bits per heavy atom. The lowest BCUT2D eigenvalue weighted by molar-refractivity contribution is 0.637. The number of aliphatic imine (C=N–C) groups is 1. The lowest BCUT2D eigenvalue weighted by Crippen LogP contribution is -2.38. The van der Waals surface area contributed by atoms with Crippen molar-refractivity contribution in [3.05, 3.63) is 46.2 Å². The second-order valence-electron chi connectivity index (χ2n) is 6.14. The minimum absolute atomic E-state index is 0.666. The SMILES string of the molecule is CCNC(=NCc1sc(C)nc1C)NCCCn1cnc2ccccc21. The number of para-hydroxylation sites is 2. The number of hydrogen-bond donors (Lipinski definition) is 2. The summed E-state index contributed by atoms with van der Waals surface area (Å²) < 4.78 is 2.20. The van der Waals surface area contributed by atoms with Gasteiger partial charge < -0.3 is 15.2 Å². The van der Waals surface area contributed by atoms with E-state index in [1.807, 2.05) is 32.3 Å². The topological polar surface area (TPSA) is 67.1 Å². The highest BCUT2D eigenvalue weighted by atomic mass is 32.1. The van der Waals surface area contributed by atoms with Crippen LogP contribution < -0.4 is 10.6 Å². The first-order chi connectivity index (χ1) is 12.7. The van der Waals surface area contributed by atoms with Crippen LogP contribution in [0, 0.1) is 13.8 Å². The number of benzene rings is 1. The number of aromatic nitrogens is 3. The van der Waals surface area contributed by atoms with Gasteiger partial charge in [0.25, 0.3) is 0 Å². The van der Waals surface area contributed by atoms with Crippen molar-refractivity contribution in [2.24, 2.45) is 4.99 Å². The number of thiazole rings is 1. The Bertz CT molecular complexity index is 879. The molecule has 0 fully saturated rings. The molecule has 0 saturated carbocycles. The summed E-state index contributed by atoms with van der Waals surface area (Å²) in [6, 6.07) is 8.23. The summed E-state index contributed by atoms with van der Waals surface area (Å²) in [5, 5.41) is 7.82. The number of aryl methyl sites for hydroxylation is 3. The molecule has 3 aromatic rings. The predicted molar refractivity (Wildman–Crippen MR) is 109 cm³/mol. The van der Waals surface area contributed by atoms with Crippen LogP contribution in [0.25, 0.3) is 11.0 Å². The molecule has 0 saturated heterocycles. The fourth-order valence-corrected chi connectivity index (χ4v) is 3.72. The maximum absolute atomic E-state index is 4.69. The minimum atomic E-state index is 0.666. The van der Waals surface area contributed by atoms with Crippen molar-refractivity contribution in [2.45, 2.75) is 40.3 Å². The smallest absolute Gasteiger partial charge is 0.191 e. The molecule has 0 amide bonds. The normalized spacial score (nSPS) is 11.9. The Hall–Kier alpha value is -2.41. The maximum Gasteiger partial charge on any atom is 0.191 e. The van der Waals surface area contributed by atoms with Crippen LogP contribution in [-0.2, 0) is 13.1 Å². The summed E-state index contributed by atoms with van der Waals surface area (Å²) in [4.78, 5) is 14.8. The number of fused-ring (bicyclic) bond motifs is 1. The number of guanidine groups is 1. The first-order valence-corrected chi connectivity index (χ1v) is 9.84. The van der Waals surface area contributed by atoms with Crippen LogP contribution in [0.4, 0.5) is 0 Å². The number of imidazole rings is 1. The Labute approximate surface area is 158 Å². The first-order valence-electron chi connectivity index (χ1n) is 9.02. The van der Waals surface area contributed by atoms with Gasteiger partial charge in [-0.3, -0.25) is 0 Å². The molecule has 3 rings (SSSR count). The molecule has 0 radical (unpaired) electrons. The van der Waals surface area contributed by atoms with E-state index in [0.717, 1.165) is 48.2 Å². The number of nitrogens with zero attached hydrogens (tertiary/aromatic N) is 4. The molecule has 138 valence electrons. The van der Waals surface area contributed by atoms with Gasteiger partial charge in [-0.05, 0) is 39.3 Å². The zero-order valence-electron chi connectivity index (χ0n) is 15.6. The molecule has 0 bridgehead atoms. The summed E-state index contributed by atoms with van der Waals surface area (Å²) in [5.74, 6) is 0.855. The Morgan fingerprint density at radius 3 is 2.85 bits per heavy atom. The molecule has 0 unspecified atom stereocenters. The van der Waals surface area contributed by atoms with Crippen LogP contribution >= 0.6 is 11.3 Å². The van der Waals surface area contributed by atoms with Crippen LogP contribution in [-0.4, -0.2) is 33.6 Å². The van der Waals surface area contributed by atoms with Crippen LogP contribution in [0.3, 0.4) is 0 Å². The van der Waals surface area contributed by atoms with Crippen LogP contribution in [0.2, 0.25) is 0 Å². The predicted octanol–water partition coefficient (Wildman–Crippen LogP) is 3.26. The summed E-state index contributed by atoms with van der Waals surface area (Å²) >= 11 is 1.72. The van der Waals surface area contributed by atoms with Crippen molar-refractivity contribution in [1.29, 1.82) is 0 Å². The van der Waals surface area contributed by atoms with Gasteiger partial charge in [0.1, 0.15) is 0 Å². The third-order valence-corrected chi connectivity index (χ3v) is 5.18. The van der Waals surface area contributed by atoms with Gasteiger partial charge in [-0.15, -0.1) is 11.3 Å². The van der Waals surface area contributed by atoms with Crippen LogP contribution in [0.5, 0.6) is 0 Å². The molecule has 2 N–H and O–H groups in total. The van der Waals surface area contributed by atoms with E-state index in [2.05, 4.69) is 49.2 Å². The molecular weight excluding hydrogens is 344 g/mol. The largest absolute Gasteiger partial charge is 0.357 e. The third kappa shape index (κ3) is 4.60. The van der Waals surface area contributed by atoms with E-state index in [0.29, 0.717) is 6.54 Å². The van der Waals surface area contributed by atoms with Gasteiger partial charge in [0.05, 0.1) is 34.6 Å². The molecule has 26 heavy (non-hydrogen) atoms. The summed E-state index contributed by atoms with van der Waals surface area (Å²) in [7, 11) is 0. The third-order valence-electron chi connectivity index (χ3n) is 4.12. The summed E-state index contributed by atoms with van der Waals surface area (Å²) in [6.45, 7) is 9.46. The second-order valence-corrected chi connectivity index (χ2v) is 7.43. The average Bonchev–Trinajstić information content (AvgIpc) is 3.19. The summed E-state index contributed by atoms with van der Waals surface area (Å²) in [5.41, 5.74) is 3.31. The molecule has 0 atom stereocenters. The first kappa shape index (κ1) is 18.4. The molecule has 1 aromatic carbocycles. The van der Waals surface area contributed by atoms with Crippen molar-refractivity contribution in [3.8, 4) is 0 Å². The summed E-state index contributed by atoms with van der Waals surface area (Å²) in [6.07, 6.45) is 2.92. The molecule has 7 heteroatoms. The van der Waals surface area contributed by atoms with Crippen molar-refractivity contribution in [1.82, 2.24) is 25.2 Å². The number of hydrogen-bond acceptors (Lipinski definition) is 4. The Morgan fingerprint density at radius 2 is 2.08 bits per heavy atom. The molecule has 2 heterocycles. The molecule has 0 aliphatic carbocycles. The van der Waals surface area contributed by atoms with E-state index in [1.165, 1.54) is 10.4 Å². The molecular formula is C19H26N6S. The van der Waals surface area contributed by atoms with Gasteiger partial charge in [-0.1, -0.05) is 12.1 Å². The van der Waals surface area contributed by atoms with Crippen molar-refractivity contribution in [2.75, 3.05) is 13.1 Å². The van der Waals surface area contributed by atoms with E-state index in [9.17, 15) is 0 Å². The van der Waals surface area contributed by atoms with E-state index in [-0.39, 0.29) is 0 Å². The van der Waals surface area contributed by atoms with Crippen molar-refractivity contribution >= 4 is 28.3 Å². The molecule has 0 spiro atoms. The molecule has 2 aromatic heterocycles. The number of nitrogens with one attached hydrogen (secondary N) is 2. The maximum atomic E-state index is 4.69.